The summed E-state index contributed by atoms with van der Waals surface area (Å²) in [7, 11) is 0. The van der Waals surface area contributed by atoms with E-state index in [1.54, 1.807) is 12.1 Å². The number of halogens is 1. The molecule has 0 amide bonds. The molecule has 2 aromatic carbocycles. The lowest BCUT2D eigenvalue weighted by Gasteiger charge is -2.14. The maximum Gasteiger partial charge on any atom is 0.349 e. The number of fused-ring (bicyclic) bond motifs is 3. The molecule has 4 nitrogen and oxygen atoms in total. The van der Waals surface area contributed by atoms with E-state index in [-0.39, 0.29) is 16.3 Å². The fraction of sp³-hybridized carbons (Fsp3) is 0.200. The molecule has 0 saturated carbocycles. The van der Waals surface area contributed by atoms with Gasteiger partial charge in [0.2, 0.25) is 0 Å². The normalized spacial score (nSPS) is 16.0. The van der Waals surface area contributed by atoms with Crippen LogP contribution in [0.25, 0.3) is 16.9 Å². The number of carbonyl (C=O) groups is 2. The Bertz CT molecular complexity index is 870. The van der Waals surface area contributed by atoms with Gasteiger partial charge < -0.3 is 9.47 Å². The van der Waals surface area contributed by atoms with Crippen LogP contribution in [0, 0.1) is 0 Å². The maximum atomic E-state index is 12.6. The van der Waals surface area contributed by atoms with Crippen molar-refractivity contribution in [1.82, 2.24) is 0 Å². The zero-order valence-corrected chi connectivity index (χ0v) is 15.5. The Morgan fingerprint density at radius 3 is 2.16 bits per heavy atom. The van der Waals surface area contributed by atoms with Crippen LogP contribution in [0.2, 0.25) is 0 Å². The van der Waals surface area contributed by atoms with Crippen molar-refractivity contribution in [2.75, 3.05) is 0 Å². The van der Waals surface area contributed by atoms with E-state index in [1.807, 2.05) is 50.2 Å². The van der Waals surface area contributed by atoms with E-state index in [2.05, 4.69) is 15.9 Å². The molecule has 0 bridgehead atoms. The second kappa shape index (κ2) is 7.23. The van der Waals surface area contributed by atoms with Gasteiger partial charge in [-0.1, -0.05) is 49.4 Å². The molecular weight excluding hydrogens is 384 g/mol. The van der Waals surface area contributed by atoms with Crippen molar-refractivity contribution in [3.63, 3.8) is 0 Å². The number of rotatable bonds is 3. The van der Waals surface area contributed by atoms with Crippen molar-refractivity contribution < 1.29 is 19.1 Å². The van der Waals surface area contributed by atoms with Gasteiger partial charge in [0.25, 0.3) is 0 Å². The van der Waals surface area contributed by atoms with Gasteiger partial charge in [0.1, 0.15) is 4.48 Å². The number of carbonyl (C=O) groups excluding carboxylic acids is 2. The summed E-state index contributed by atoms with van der Waals surface area (Å²) in [5, 5.41) is 0. The molecule has 2 aromatic rings. The van der Waals surface area contributed by atoms with Gasteiger partial charge in [-0.05, 0) is 46.5 Å². The minimum absolute atomic E-state index is 0.0985. The molecule has 0 aromatic heterocycles. The molecule has 0 radical (unpaired) electrons. The van der Waals surface area contributed by atoms with Crippen molar-refractivity contribution >= 4 is 33.6 Å². The molecule has 25 heavy (non-hydrogen) atoms. The van der Waals surface area contributed by atoms with Crippen LogP contribution in [0.4, 0.5) is 0 Å². The van der Waals surface area contributed by atoms with E-state index >= 15 is 0 Å². The Hall–Kier alpha value is -2.40. The third-order valence-electron chi connectivity index (χ3n) is 4.07. The van der Waals surface area contributed by atoms with Crippen LogP contribution in [-0.2, 0) is 14.3 Å². The second-order valence-electron chi connectivity index (χ2n) is 5.75. The van der Waals surface area contributed by atoms with Gasteiger partial charge in [0, 0.05) is 5.56 Å². The van der Waals surface area contributed by atoms with E-state index in [0.29, 0.717) is 17.5 Å². The summed E-state index contributed by atoms with van der Waals surface area (Å²) < 4.78 is 11.0. The number of ether oxygens (including phenoxy) is 2. The van der Waals surface area contributed by atoms with E-state index in [4.69, 9.17) is 9.47 Å². The summed E-state index contributed by atoms with van der Waals surface area (Å²) in [4.78, 5) is 25.0. The molecule has 0 N–H and O–H groups in total. The van der Waals surface area contributed by atoms with Crippen LogP contribution in [0.1, 0.15) is 36.2 Å². The third kappa shape index (κ3) is 3.37. The van der Waals surface area contributed by atoms with E-state index in [1.165, 1.54) is 0 Å². The third-order valence-corrected chi connectivity index (χ3v) is 4.75. The molecule has 1 aliphatic rings. The van der Waals surface area contributed by atoms with Crippen LogP contribution < -0.4 is 0 Å². The molecule has 1 unspecified atom stereocenters. The predicted octanol–water partition coefficient (Wildman–Crippen LogP) is 4.93. The first-order valence-corrected chi connectivity index (χ1v) is 8.84. The van der Waals surface area contributed by atoms with Crippen LogP contribution in [0.15, 0.2) is 53.0 Å². The van der Waals surface area contributed by atoms with E-state index in [9.17, 15) is 9.59 Å². The highest BCUT2D eigenvalue weighted by atomic mass is 79.9. The number of cyclic esters (lactones) is 1. The van der Waals surface area contributed by atoms with Gasteiger partial charge >= 0.3 is 11.9 Å². The van der Waals surface area contributed by atoms with Gasteiger partial charge in [-0.3, -0.25) is 0 Å². The molecule has 0 fully saturated rings. The zero-order chi connectivity index (χ0) is 18.0. The Morgan fingerprint density at radius 2 is 1.56 bits per heavy atom. The number of hydrogen-bond donors (Lipinski definition) is 0. The number of benzene rings is 2. The van der Waals surface area contributed by atoms with Crippen LogP contribution in [0.5, 0.6) is 0 Å². The molecule has 1 atom stereocenters. The standard InChI is InChI=1S/C20H17BrO4/c1-3-12(2)24-20(23)17(21)18-15-10-6-4-8-13(15)14-9-5-7-11-16(14)19(22)25-18/h4-12H,3H2,1-2H3/b18-17-. The van der Waals surface area contributed by atoms with Gasteiger partial charge in [0.15, 0.2) is 5.76 Å². The Morgan fingerprint density at radius 1 is 1.04 bits per heavy atom. The first-order chi connectivity index (χ1) is 12.0. The second-order valence-corrected chi connectivity index (χ2v) is 6.54. The van der Waals surface area contributed by atoms with Crippen LogP contribution >= 0.6 is 15.9 Å². The molecule has 1 heterocycles. The zero-order valence-electron chi connectivity index (χ0n) is 13.9. The molecule has 0 aliphatic carbocycles. The van der Waals surface area contributed by atoms with Crippen molar-refractivity contribution in [2.45, 2.75) is 26.4 Å². The largest absolute Gasteiger partial charge is 0.459 e. The molecule has 3 rings (SSSR count). The smallest absolute Gasteiger partial charge is 0.349 e. The van der Waals surface area contributed by atoms with Crippen molar-refractivity contribution in [2.24, 2.45) is 0 Å². The first-order valence-electron chi connectivity index (χ1n) is 8.04. The number of esters is 2. The number of hydrogen-bond acceptors (Lipinski definition) is 4. The summed E-state index contributed by atoms with van der Waals surface area (Å²) in [6.45, 7) is 3.74. The highest BCUT2D eigenvalue weighted by molar-refractivity contribution is 9.12. The lowest BCUT2D eigenvalue weighted by molar-refractivity contribution is -0.142. The summed E-state index contributed by atoms with van der Waals surface area (Å²) in [6.07, 6.45) is 0.470. The van der Waals surface area contributed by atoms with E-state index in [0.717, 1.165) is 11.1 Å². The lowest BCUT2D eigenvalue weighted by Crippen LogP contribution is -2.15. The summed E-state index contributed by atoms with van der Waals surface area (Å²) in [5.41, 5.74) is 2.72. The monoisotopic (exact) mass is 400 g/mol. The van der Waals surface area contributed by atoms with Crippen molar-refractivity contribution in [3.8, 4) is 11.1 Å². The quantitative estimate of drug-likeness (QED) is 0.541. The predicted molar refractivity (Wildman–Crippen MR) is 99.0 cm³/mol. The van der Waals surface area contributed by atoms with Crippen molar-refractivity contribution in [1.29, 1.82) is 0 Å². The molecule has 0 spiro atoms. The highest BCUT2D eigenvalue weighted by Gasteiger charge is 2.28. The fourth-order valence-electron chi connectivity index (χ4n) is 2.59. The van der Waals surface area contributed by atoms with Gasteiger partial charge in [-0.15, -0.1) is 0 Å². The van der Waals surface area contributed by atoms with Gasteiger partial charge in [0.05, 0.1) is 11.7 Å². The SMILES string of the molecule is CCC(C)OC(=O)/C(Br)=C1/OC(=O)c2ccccc2-c2ccccc21. The lowest BCUT2D eigenvalue weighted by atomic mass is 9.95. The van der Waals surface area contributed by atoms with Gasteiger partial charge in [-0.2, -0.15) is 0 Å². The average Bonchev–Trinajstić information content (AvgIpc) is 2.76. The Kier molecular flexibility index (Phi) is 5.04. The first kappa shape index (κ1) is 17.4. The van der Waals surface area contributed by atoms with Crippen LogP contribution in [0.3, 0.4) is 0 Å². The minimum atomic E-state index is -0.557. The summed E-state index contributed by atoms with van der Waals surface area (Å²) >= 11 is 3.27. The Balaban J connectivity index is 2.16. The molecular formula is C20H17BrO4. The average molecular weight is 401 g/mol. The maximum absolute atomic E-state index is 12.6. The van der Waals surface area contributed by atoms with Crippen molar-refractivity contribution in [3.05, 3.63) is 64.1 Å². The van der Waals surface area contributed by atoms with Crippen LogP contribution in [-0.4, -0.2) is 18.0 Å². The van der Waals surface area contributed by atoms with E-state index < -0.39 is 11.9 Å². The summed E-state index contributed by atoms with van der Waals surface area (Å²) in [6, 6.07) is 14.7. The Labute approximate surface area is 154 Å². The molecule has 1 aliphatic heterocycles. The fourth-order valence-corrected chi connectivity index (χ4v) is 2.98. The molecule has 0 saturated heterocycles. The minimum Gasteiger partial charge on any atom is -0.459 e. The van der Waals surface area contributed by atoms with Gasteiger partial charge in [-0.25, -0.2) is 9.59 Å². The topological polar surface area (TPSA) is 52.6 Å². The summed E-state index contributed by atoms with van der Waals surface area (Å²) in [5.74, 6) is -0.891. The highest BCUT2D eigenvalue weighted by Crippen LogP contribution is 2.38. The molecule has 128 valence electrons. The molecule has 5 heteroatoms.